The summed E-state index contributed by atoms with van der Waals surface area (Å²) < 4.78 is 4.94. The monoisotopic (exact) mass is 393 g/mol. The average molecular weight is 395 g/mol. The van der Waals surface area contributed by atoms with Crippen LogP contribution < -0.4 is 5.32 Å². The molecule has 0 spiro atoms. The van der Waals surface area contributed by atoms with Crippen molar-refractivity contribution in [1.29, 1.82) is 0 Å². The number of anilines is 1. The number of esters is 1. The predicted octanol–water partition coefficient (Wildman–Crippen LogP) is 3.90. The lowest BCUT2D eigenvalue weighted by Crippen LogP contribution is -2.33. The van der Waals surface area contributed by atoms with E-state index in [1.54, 1.807) is 31.2 Å². The second kappa shape index (κ2) is 5.78. The van der Waals surface area contributed by atoms with Gasteiger partial charge in [0, 0.05) is 16.6 Å². The van der Waals surface area contributed by atoms with Crippen LogP contribution in [0.3, 0.4) is 0 Å². The molecule has 1 aliphatic rings. The fourth-order valence-electron chi connectivity index (χ4n) is 1.74. The van der Waals surface area contributed by atoms with Crippen molar-refractivity contribution in [3.05, 3.63) is 28.7 Å². The van der Waals surface area contributed by atoms with Gasteiger partial charge in [0.2, 0.25) is 0 Å². The van der Waals surface area contributed by atoms with Crippen LogP contribution in [0.1, 0.15) is 20.3 Å². The molecule has 4 nitrogen and oxygen atoms in total. The molecular weight excluding hydrogens is 381 g/mol. The molecule has 0 aliphatic heterocycles. The Bertz CT molecular complexity index is 576. The van der Waals surface area contributed by atoms with Crippen molar-refractivity contribution in [1.82, 2.24) is 0 Å². The van der Waals surface area contributed by atoms with Crippen molar-refractivity contribution in [2.24, 2.45) is 5.41 Å². The number of nitrogens with one attached hydrogen (secondary N) is 1. The zero-order valence-electron chi connectivity index (χ0n) is 11.5. The maximum atomic E-state index is 12.0. The van der Waals surface area contributed by atoms with E-state index in [4.69, 9.17) is 27.9 Å². The summed E-state index contributed by atoms with van der Waals surface area (Å²) in [6, 6.07) is 7.07. The van der Waals surface area contributed by atoms with E-state index in [2.05, 4.69) is 21.2 Å². The molecule has 21 heavy (non-hydrogen) atoms. The van der Waals surface area contributed by atoms with Gasteiger partial charge in [-0.2, -0.15) is 0 Å². The number of ether oxygens (including phenoxy) is 1. The van der Waals surface area contributed by atoms with Crippen molar-refractivity contribution in [2.75, 3.05) is 5.32 Å². The molecule has 1 aromatic rings. The van der Waals surface area contributed by atoms with Crippen molar-refractivity contribution >= 4 is 56.7 Å². The minimum Gasteiger partial charge on any atom is -0.452 e. The van der Waals surface area contributed by atoms with Gasteiger partial charge in [-0.1, -0.05) is 15.9 Å². The molecule has 0 saturated heterocycles. The molecule has 2 atom stereocenters. The third-order valence-electron chi connectivity index (χ3n) is 3.47. The van der Waals surface area contributed by atoms with Crippen LogP contribution in [0.15, 0.2) is 28.7 Å². The number of amides is 1. The molecule has 0 unspecified atom stereocenters. The van der Waals surface area contributed by atoms with Gasteiger partial charge in [0.1, 0.15) is 9.75 Å². The molecule has 7 heteroatoms. The summed E-state index contributed by atoms with van der Waals surface area (Å²) >= 11 is 15.1. The Morgan fingerprint density at radius 2 is 1.86 bits per heavy atom. The molecule has 0 radical (unpaired) electrons. The highest BCUT2D eigenvalue weighted by Gasteiger charge is 2.69. The fraction of sp³-hybridized carbons (Fsp3) is 0.429. The van der Waals surface area contributed by atoms with Crippen molar-refractivity contribution in [2.45, 2.75) is 30.7 Å². The maximum absolute atomic E-state index is 12.0. The molecule has 0 aromatic heterocycles. The number of carbonyl (C=O) groups is 2. The normalized spacial score (nSPS) is 24.0. The third-order valence-corrected chi connectivity index (χ3v) is 5.10. The molecule has 1 N–H and O–H groups in total. The first kappa shape index (κ1) is 16.6. The van der Waals surface area contributed by atoms with Crippen molar-refractivity contribution in [3.8, 4) is 0 Å². The van der Waals surface area contributed by atoms with E-state index in [0.717, 1.165) is 4.47 Å². The highest BCUT2D eigenvalue weighted by atomic mass is 79.9. The maximum Gasteiger partial charge on any atom is 0.315 e. The van der Waals surface area contributed by atoms with E-state index in [1.165, 1.54) is 6.92 Å². The van der Waals surface area contributed by atoms with Gasteiger partial charge < -0.3 is 10.1 Å². The third kappa shape index (κ3) is 3.52. The van der Waals surface area contributed by atoms with Gasteiger partial charge in [-0.3, -0.25) is 9.59 Å². The minimum absolute atomic E-state index is 0.322. The number of hydrogen-bond acceptors (Lipinski definition) is 3. The number of hydrogen-bond donors (Lipinski definition) is 1. The molecule has 1 aromatic carbocycles. The average Bonchev–Trinajstić information content (AvgIpc) is 2.92. The van der Waals surface area contributed by atoms with Gasteiger partial charge >= 0.3 is 5.97 Å². The van der Waals surface area contributed by atoms with Gasteiger partial charge in [0.05, 0.1) is 0 Å². The number of alkyl halides is 2. The Hall–Kier alpha value is -0.780. The molecule has 114 valence electrons. The first-order chi connectivity index (χ1) is 9.65. The standard InChI is InChI=1S/C14H14BrCl2NO3/c1-8(21-12(20)13(2)7-14(13,16)17)11(19)18-10-5-3-9(15)4-6-10/h3-6,8H,7H2,1-2H3,(H,18,19)/t8-,13-/m0/s1. The Labute approximate surface area is 141 Å². The predicted molar refractivity (Wildman–Crippen MR) is 85.5 cm³/mol. The lowest BCUT2D eigenvalue weighted by atomic mass is 10.1. The fourth-order valence-corrected chi connectivity index (χ4v) is 2.70. The van der Waals surface area contributed by atoms with Crippen LogP contribution in [0.5, 0.6) is 0 Å². The number of benzene rings is 1. The molecule has 1 fully saturated rings. The van der Waals surface area contributed by atoms with E-state index in [-0.39, 0.29) is 0 Å². The quantitative estimate of drug-likeness (QED) is 0.622. The van der Waals surface area contributed by atoms with Crippen molar-refractivity contribution < 1.29 is 14.3 Å². The van der Waals surface area contributed by atoms with Crippen LogP contribution in [0, 0.1) is 5.41 Å². The van der Waals surface area contributed by atoms with Crippen LogP contribution in [-0.2, 0) is 14.3 Å². The molecule has 0 heterocycles. The Balaban J connectivity index is 1.91. The van der Waals surface area contributed by atoms with E-state index >= 15 is 0 Å². The van der Waals surface area contributed by atoms with Gasteiger partial charge in [-0.25, -0.2) is 0 Å². The Morgan fingerprint density at radius 3 is 2.33 bits per heavy atom. The Kier molecular flexibility index (Phi) is 4.57. The molecule has 2 rings (SSSR count). The summed E-state index contributed by atoms with van der Waals surface area (Å²) in [5.41, 5.74) is -0.324. The van der Waals surface area contributed by atoms with Gasteiger partial charge in [0.15, 0.2) is 6.10 Å². The summed E-state index contributed by atoms with van der Waals surface area (Å²) in [6.45, 7) is 3.12. The van der Waals surface area contributed by atoms with Crippen LogP contribution in [0.2, 0.25) is 0 Å². The SMILES string of the molecule is C[C@H](OC(=O)[C@]1(C)CC1(Cl)Cl)C(=O)Nc1ccc(Br)cc1. The van der Waals surface area contributed by atoms with Crippen LogP contribution >= 0.6 is 39.1 Å². The zero-order chi connectivity index (χ0) is 15.8. The highest BCUT2D eigenvalue weighted by molar-refractivity contribution is 9.10. The summed E-state index contributed by atoms with van der Waals surface area (Å²) in [7, 11) is 0. The molecule has 1 aliphatic carbocycles. The van der Waals surface area contributed by atoms with E-state index in [9.17, 15) is 9.59 Å². The van der Waals surface area contributed by atoms with E-state index < -0.39 is 27.7 Å². The highest BCUT2D eigenvalue weighted by Crippen LogP contribution is 2.64. The van der Waals surface area contributed by atoms with Gasteiger partial charge in [-0.15, -0.1) is 23.2 Å². The lowest BCUT2D eigenvalue weighted by Gasteiger charge is -2.17. The van der Waals surface area contributed by atoms with Gasteiger partial charge in [-0.05, 0) is 38.1 Å². The molecule has 1 saturated carbocycles. The summed E-state index contributed by atoms with van der Waals surface area (Å²) in [5, 5.41) is 2.66. The topological polar surface area (TPSA) is 55.4 Å². The van der Waals surface area contributed by atoms with Crippen LogP contribution in [0.4, 0.5) is 5.69 Å². The molecular formula is C14H14BrCl2NO3. The molecule has 0 bridgehead atoms. The number of rotatable bonds is 4. The minimum atomic E-state index is -1.11. The van der Waals surface area contributed by atoms with Gasteiger partial charge in [0.25, 0.3) is 5.91 Å². The first-order valence-corrected chi connectivity index (χ1v) is 7.86. The Morgan fingerprint density at radius 1 is 1.33 bits per heavy atom. The summed E-state index contributed by atoms with van der Waals surface area (Å²) in [4.78, 5) is 24.0. The summed E-state index contributed by atoms with van der Waals surface area (Å²) in [6.07, 6.45) is -0.606. The smallest absolute Gasteiger partial charge is 0.315 e. The summed E-state index contributed by atoms with van der Waals surface area (Å²) in [5.74, 6) is -0.976. The van der Waals surface area contributed by atoms with E-state index in [1.807, 2.05) is 0 Å². The lowest BCUT2D eigenvalue weighted by molar-refractivity contribution is -0.158. The largest absolute Gasteiger partial charge is 0.452 e. The second-order valence-electron chi connectivity index (χ2n) is 5.26. The zero-order valence-corrected chi connectivity index (χ0v) is 14.6. The van der Waals surface area contributed by atoms with Crippen LogP contribution in [0.25, 0.3) is 0 Å². The van der Waals surface area contributed by atoms with E-state index in [0.29, 0.717) is 12.1 Å². The number of halogens is 3. The number of carbonyl (C=O) groups excluding carboxylic acids is 2. The first-order valence-electron chi connectivity index (χ1n) is 6.31. The second-order valence-corrected chi connectivity index (χ2v) is 7.66. The van der Waals surface area contributed by atoms with Crippen molar-refractivity contribution in [3.63, 3.8) is 0 Å². The van der Waals surface area contributed by atoms with Crippen LogP contribution in [-0.4, -0.2) is 22.3 Å². The molecule has 1 amide bonds.